The summed E-state index contributed by atoms with van der Waals surface area (Å²) in [5.41, 5.74) is -0.328. The van der Waals surface area contributed by atoms with Gasteiger partial charge in [0.2, 0.25) is 0 Å². The number of nitro benzene ring substituents is 1. The first-order valence-electron chi connectivity index (χ1n) is 6.83. The maximum Gasteiger partial charge on any atom is 0.321 e. The van der Waals surface area contributed by atoms with Crippen LogP contribution < -0.4 is 4.74 Å². The fourth-order valence-corrected chi connectivity index (χ4v) is 4.29. The van der Waals surface area contributed by atoms with Crippen LogP contribution in [-0.2, 0) is 10.8 Å². The van der Waals surface area contributed by atoms with Crippen molar-refractivity contribution in [2.45, 2.75) is 35.7 Å². The molecule has 1 aromatic carbocycles. The van der Waals surface area contributed by atoms with E-state index in [2.05, 4.69) is 0 Å². The lowest BCUT2D eigenvalue weighted by Gasteiger charge is -2.16. The number of ether oxygens (including phenoxy) is 1. The number of nitro groups is 1. The van der Waals surface area contributed by atoms with Gasteiger partial charge in [-0.1, -0.05) is 6.07 Å². The molecular formula is C14H15NO5S. The van der Waals surface area contributed by atoms with E-state index in [9.17, 15) is 19.1 Å². The molecule has 0 N–H and O–H groups in total. The van der Waals surface area contributed by atoms with E-state index in [1.165, 1.54) is 12.1 Å². The number of para-hydroxylation sites is 1. The number of carbonyl (C=O) groups is 1. The first-order valence-corrected chi connectivity index (χ1v) is 8.05. The second-order valence-electron chi connectivity index (χ2n) is 5.54. The number of hydrogen-bond donors (Lipinski definition) is 0. The predicted octanol–water partition coefficient (Wildman–Crippen LogP) is 2.23. The number of aldehydes is 1. The summed E-state index contributed by atoms with van der Waals surface area (Å²) in [7, 11) is -0.922. The summed E-state index contributed by atoms with van der Waals surface area (Å²) in [6.45, 7) is 0.208. The van der Waals surface area contributed by atoms with Crippen LogP contribution in [0.3, 0.4) is 0 Å². The normalized spacial score (nSPS) is 20.6. The minimum absolute atomic E-state index is 0.00865. The highest BCUT2D eigenvalue weighted by atomic mass is 32.2. The van der Waals surface area contributed by atoms with Gasteiger partial charge in [0.05, 0.1) is 15.2 Å². The quantitative estimate of drug-likeness (QED) is 0.438. The third-order valence-corrected chi connectivity index (χ3v) is 6.35. The molecule has 1 aromatic rings. The van der Waals surface area contributed by atoms with Crippen LogP contribution in [0.15, 0.2) is 18.2 Å². The Labute approximate surface area is 124 Å². The van der Waals surface area contributed by atoms with Crippen molar-refractivity contribution in [2.75, 3.05) is 6.61 Å². The molecule has 0 heterocycles. The van der Waals surface area contributed by atoms with E-state index >= 15 is 0 Å². The van der Waals surface area contributed by atoms with Gasteiger partial charge in [0.25, 0.3) is 0 Å². The predicted molar refractivity (Wildman–Crippen MR) is 77.1 cm³/mol. The zero-order valence-corrected chi connectivity index (χ0v) is 12.1. The Hall–Kier alpha value is -1.76. The summed E-state index contributed by atoms with van der Waals surface area (Å²) in [5, 5.41) is 11.4. The molecule has 0 amide bonds. The fraction of sp³-hybridized carbons (Fsp3) is 0.500. The van der Waals surface area contributed by atoms with Gasteiger partial charge in [-0.2, -0.15) is 0 Å². The van der Waals surface area contributed by atoms with Crippen molar-refractivity contribution in [1.82, 2.24) is 0 Å². The highest BCUT2D eigenvalue weighted by molar-refractivity contribution is 7.87. The lowest BCUT2D eigenvalue weighted by atomic mass is 10.2. The van der Waals surface area contributed by atoms with Crippen LogP contribution in [0.25, 0.3) is 0 Å². The summed E-state index contributed by atoms with van der Waals surface area (Å²) in [6, 6.07) is 4.40. The minimum Gasteiger partial charge on any atom is -0.485 e. The lowest BCUT2D eigenvalue weighted by molar-refractivity contribution is -0.386. The van der Waals surface area contributed by atoms with Crippen LogP contribution in [0.1, 0.15) is 36.0 Å². The number of benzene rings is 1. The van der Waals surface area contributed by atoms with Gasteiger partial charge in [-0.3, -0.25) is 19.1 Å². The van der Waals surface area contributed by atoms with E-state index < -0.39 is 15.7 Å². The van der Waals surface area contributed by atoms with Crippen LogP contribution in [0.5, 0.6) is 5.75 Å². The highest BCUT2D eigenvalue weighted by Crippen LogP contribution is 2.48. The Kier molecular flexibility index (Phi) is 3.52. The van der Waals surface area contributed by atoms with E-state index in [4.69, 9.17) is 4.74 Å². The van der Waals surface area contributed by atoms with Crippen molar-refractivity contribution in [3.8, 4) is 5.75 Å². The molecule has 0 aromatic heterocycles. The van der Waals surface area contributed by atoms with Crippen molar-refractivity contribution in [2.24, 2.45) is 0 Å². The second-order valence-corrected chi connectivity index (χ2v) is 7.66. The van der Waals surface area contributed by atoms with Gasteiger partial charge >= 0.3 is 5.69 Å². The number of rotatable bonds is 7. The largest absolute Gasteiger partial charge is 0.485 e. The Morgan fingerprint density at radius 2 is 2.14 bits per heavy atom. The summed E-state index contributed by atoms with van der Waals surface area (Å²) in [4.78, 5) is 21.4. The molecule has 0 saturated heterocycles. The van der Waals surface area contributed by atoms with Crippen LogP contribution >= 0.6 is 0 Å². The van der Waals surface area contributed by atoms with Crippen molar-refractivity contribution in [3.05, 3.63) is 33.9 Å². The Morgan fingerprint density at radius 3 is 2.67 bits per heavy atom. The van der Waals surface area contributed by atoms with Crippen LogP contribution in [0.4, 0.5) is 5.69 Å². The van der Waals surface area contributed by atoms with E-state index in [0.29, 0.717) is 6.29 Å². The van der Waals surface area contributed by atoms with Crippen molar-refractivity contribution >= 4 is 22.8 Å². The molecule has 2 fully saturated rings. The highest BCUT2D eigenvalue weighted by Gasteiger charge is 2.54. The van der Waals surface area contributed by atoms with E-state index in [1.807, 2.05) is 0 Å². The van der Waals surface area contributed by atoms with Gasteiger partial charge in [-0.05, 0) is 37.8 Å². The zero-order valence-electron chi connectivity index (χ0n) is 11.3. The molecule has 0 spiro atoms. The van der Waals surface area contributed by atoms with Crippen molar-refractivity contribution in [3.63, 3.8) is 0 Å². The monoisotopic (exact) mass is 309 g/mol. The fourth-order valence-electron chi connectivity index (χ4n) is 2.33. The maximum absolute atomic E-state index is 12.3. The first-order chi connectivity index (χ1) is 10.1. The third-order valence-electron chi connectivity index (χ3n) is 3.89. The minimum atomic E-state index is -0.922. The van der Waals surface area contributed by atoms with Crippen LogP contribution in [0.2, 0.25) is 0 Å². The van der Waals surface area contributed by atoms with Crippen LogP contribution in [0, 0.1) is 10.1 Å². The zero-order chi connectivity index (χ0) is 15.0. The average Bonchev–Trinajstić information content (AvgIpc) is 3.38. The smallest absolute Gasteiger partial charge is 0.321 e. The number of hydrogen-bond acceptors (Lipinski definition) is 5. The molecule has 1 atom stereocenters. The molecule has 112 valence electrons. The van der Waals surface area contributed by atoms with Crippen LogP contribution in [-0.4, -0.2) is 32.0 Å². The molecule has 0 aliphatic heterocycles. The Bertz CT molecular complexity index is 622. The summed E-state index contributed by atoms with van der Waals surface area (Å²) in [5.74, 6) is 0.0728. The van der Waals surface area contributed by atoms with Gasteiger partial charge < -0.3 is 4.74 Å². The molecule has 2 saturated carbocycles. The number of nitrogens with zero attached hydrogens (tertiary/aromatic N) is 1. The standard InChI is InChI=1S/C14H15NO5S/c16-8-10-2-1-3-12(13(10)15(17)18)20-9-14(6-7-14)21(19)11-4-5-11/h1-3,8,11H,4-7,9H2. The molecule has 0 bridgehead atoms. The summed E-state index contributed by atoms with van der Waals surface area (Å²) in [6.07, 6.45) is 4.10. The Morgan fingerprint density at radius 1 is 1.43 bits per heavy atom. The van der Waals surface area contributed by atoms with E-state index in [0.717, 1.165) is 25.7 Å². The molecule has 1 unspecified atom stereocenters. The van der Waals surface area contributed by atoms with Gasteiger partial charge in [0.15, 0.2) is 12.0 Å². The molecular weight excluding hydrogens is 294 g/mol. The van der Waals surface area contributed by atoms with E-state index in [-0.39, 0.29) is 33.6 Å². The molecule has 21 heavy (non-hydrogen) atoms. The molecule has 2 aliphatic carbocycles. The molecule has 3 rings (SSSR count). The summed E-state index contributed by atoms with van der Waals surface area (Å²) < 4.78 is 17.5. The van der Waals surface area contributed by atoms with Gasteiger partial charge in [0, 0.05) is 16.0 Å². The Balaban J connectivity index is 1.78. The average molecular weight is 309 g/mol. The topological polar surface area (TPSA) is 86.5 Å². The number of carbonyl (C=O) groups excluding carboxylic acids is 1. The molecule has 0 radical (unpaired) electrons. The maximum atomic E-state index is 12.3. The molecule has 2 aliphatic rings. The van der Waals surface area contributed by atoms with Gasteiger partial charge in [-0.15, -0.1) is 0 Å². The van der Waals surface area contributed by atoms with Gasteiger partial charge in [0.1, 0.15) is 6.61 Å². The van der Waals surface area contributed by atoms with E-state index in [1.54, 1.807) is 6.07 Å². The SMILES string of the molecule is O=Cc1cccc(OCC2(S(=O)C3CC3)CC2)c1[N+](=O)[O-]. The van der Waals surface area contributed by atoms with Crippen molar-refractivity contribution in [1.29, 1.82) is 0 Å². The third kappa shape index (κ3) is 2.70. The molecule has 7 heteroatoms. The summed E-state index contributed by atoms with van der Waals surface area (Å²) >= 11 is 0. The molecule has 6 nitrogen and oxygen atoms in total. The van der Waals surface area contributed by atoms with Gasteiger partial charge in [-0.25, -0.2) is 0 Å². The first kappa shape index (κ1) is 14.2. The second kappa shape index (κ2) is 5.22. The van der Waals surface area contributed by atoms with Crippen molar-refractivity contribution < 1.29 is 18.7 Å². The lowest BCUT2D eigenvalue weighted by Crippen LogP contribution is -2.28.